The molecule has 0 radical (unpaired) electrons. The zero-order valence-electron chi connectivity index (χ0n) is 14.6. The molecule has 4 nitrogen and oxygen atoms in total. The highest BCUT2D eigenvalue weighted by Gasteiger charge is 2.67. The van der Waals surface area contributed by atoms with Crippen LogP contribution in [0.25, 0.3) is 0 Å². The van der Waals surface area contributed by atoms with Crippen molar-refractivity contribution >= 4 is 0 Å². The third-order valence-electron chi connectivity index (χ3n) is 5.21. The monoisotopic (exact) mass is 332 g/mol. The summed E-state index contributed by atoms with van der Waals surface area (Å²) in [5, 5.41) is 11.4. The molecule has 0 amide bonds. The van der Waals surface area contributed by atoms with Crippen molar-refractivity contribution in [3.05, 3.63) is 48.0 Å². The molecule has 3 rings (SSSR count). The number of methoxy groups -OCH3 is 1. The lowest BCUT2D eigenvalue weighted by Gasteiger charge is -2.45. The van der Waals surface area contributed by atoms with Gasteiger partial charge in [-0.25, -0.2) is 0 Å². The van der Waals surface area contributed by atoms with E-state index in [0.29, 0.717) is 13.2 Å². The number of hydrogen-bond acceptors (Lipinski definition) is 4. The molecule has 4 atom stereocenters. The van der Waals surface area contributed by atoms with E-state index in [2.05, 4.69) is 6.92 Å². The van der Waals surface area contributed by atoms with Crippen molar-refractivity contribution in [3.8, 4) is 0 Å². The van der Waals surface area contributed by atoms with E-state index in [4.69, 9.17) is 14.2 Å². The summed E-state index contributed by atoms with van der Waals surface area (Å²) in [6.45, 7) is 3.23. The fourth-order valence-corrected chi connectivity index (χ4v) is 3.69. The summed E-state index contributed by atoms with van der Waals surface area (Å²) in [5.74, 6) is 0. The number of unbranched alkanes of at least 4 members (excludes halogenated alkanes) is 1. The van der Waals surface area contributed by atoms with Crippen LogP contribution in [0.4, 0.5) is 0 Å². The van der Waals surface area contributed by atoms with E-state index in [1.54, 1.807) is 7.11 Å². The van der Waals surface area contributed by atoms with Gasteiger partial charge in [0.05, 0.1) is 19.3 Å². The molecule has 1 aliphatic heterocycles. The Morgan fingerprint density at radius 2 is 2.08 bits per heavy atom. The molecule has 1 aromatic carbocycles. The van der Waals surface area contributed by atoms with Gasteiger partial charge in [0, 0.05) is 7.11 Å². The molecule has 0 bridgehead atoms. The Morgan fingerprint density at radius 3 is 2.71 bits per heavy atom. The van der Waals surface area contributed by atoms with Gasteiger partial charge in [-0.15, -0.1) is 0 Å². The summed E-state index contributed by atoms with van der Waals surface area (Å²) in [6, 6.07) is 10.1. The maximum absolute atomic E-state index is 11.4. The van der Waals surface area contributed by atoms with Crippen LogP contribution in [-0.2, 0) is 20.8 Å². The lowest BCUT2D eigenvalue weighted by Crippen LogP contribution is -2.62. The fraction of sp³-hybridized carbons (Fsp3) is 0.600. The number of rotatable bonds is 7. The van der Waals surface area contributed by atoms with Crippen LogP contribution < -0.4 is 0 Å². The van der Waals surface area contributed by atoms with Crippen molar-refractivity contribution in [2.24, 2.45) is 0 Å². The zero-order chi connectivity index (χ0) is 17.0. The molecule has 0 aromatic heterocycles. The van der Waals surface area contributed by atoms with E-state index in [1.807, 2.05) is 42.5 Å². The van der Waals surface area contributed by atoms with Gasteiger partial charge < -0.3 is 19.3 Å². The maximum atomic E-state index is 11.4. The van der Waals surface area contributed by atoms with Gasteiger partial charge in [-0.3, -0.25) is 0 Å². The lowest BCUT2D eigenvalue weighted by atomic mass is 9.71. The van der Waals surface area contributed by atoms with E-state index < -0.39 is 17.3 Å². The Kier molecular flexibility index (Phi) is 5.40. The molecule has 1 spiro atoms. The Bertz CT molecular complexity index is 552. The third-order valence-corrected chi connectivity index (χ3v) is 5.21. The van der Waals surface area contributed by atoms with Crippen molar-refractivity contribution in [3.63, 3.8) is 0 Å². The fourth-order valence-electron chi connectivity index (χ4n) is 3.69. The van der Waals surface area contributed by atoms with Gasteiger partial charge >= 0.3 is 0 Å². The molecule has 2 aliphatic rings. The van der Waals surface area contributed by atoms with Gasteiger partial charge in [-0.1, -0.05) is 55.8 Å². The first-order chi connectivity index (χ1) is 11.6. The summed E-state index contributed by atoms with van der Waals surface area (Å²) in [6.07, 6.45) is 6.95. The molecule has 1 saturated heterocycles. The zero-order valence-corrected chi connectivity index (χ0v) is 14.6. The second-order valence-corrected chi connectivity index (χ2v) is 6.83. The van der Waals surface area contributed by atoms with E-state index in [0.717, 1.165) is 31.2 Å². The summed E-state index contributed by atoms with van der Waals surface area (Å²) >= 11 is 0. The van der Waals surface area contributed by atoms with Crippen LogP contribution in [0.1, 0.15) is 38.2 Å². The van der Waals surface area contributed by atoms with Gasteiger partial charge in [0.15, 0.2) is 0 Å². The predicted molar refractivity (Wildman–Crippen MR) is 92.7 cm³/mol. The number of allylic oxidation sites excluding steroid dienone is 1. The van der Waals surface area contributed by atoms with Gasteiger partial charge in [-0.2, -0.15) is 0 Å². The Labute approximate surface area is 144 Å². The summed E-state index contributed by atoms with van der Waals surface area (Å²) in [7, 11) is 1.64. The quantitative estimate of drug-likeness (QED) is 0.615. The highest BCUT2D eigenvalue weighted by Crippen LogP contribution is 2.51. The lowest BCUT2D eigenvalue weighted by molar-refractivity contribution is -0.190. The average molecular weight is 332 g/mol. The molecular formula is C20H28O4. The minimum Gasteiger partial charge on any atom is -0.380 e. The van der Waals surface area contributed by atoms with Gasteiger partial charge in [0.1, 0.15) is 17.3 Å². The molecule has 4 heteroatoms. The standard InChI is InChI=1S/C20H28O4/c1-3-4-8-12-20(21)18(22-2)17(11-13-19(20)15-24-19)23-14-16-9-6-5-7-10-16/h5-10,12,17-18,21H,3-4,11,13-15H2,1-2H3/b12-8-/t17-,18-,19+,20-/m1/s1. The normalized spacial score (nSPS) is 35.6. The van der Waals surface area contributed by atoms with Crippen LogP contribution in [-0.4, -0.2) is 42.2 Å². The van der Waals surface area contributed by atoms with Crippen molar-refractivity contribution in [1.29, 1.82) is 0 Å². The smallest absolute Gasteiger partial charge is 0.142 e. The SMILES string of the molecule is CCC/C=C\[C@@]1(O)[C@H](OC)[C@H](OCc2ccccc2)CC[C@]12CO2. The molecule has 1 heterocycles. The van der Waals surface area contributed by atoms with Crippen molar-refractivity contribution < 1.29 is 19.3 Å². The van der Waals surface area contributed by atoms with Crippen molar-refractivity contribution in [2.75, 3.05) is 13.7 Å². The Balaban J connectivity index is 1.74. The van der Waals surface area contributed by atoms with Crippen LogP contribution in [0.5, 0.6) is 0 Å². The summed E-state index contributed by atoms with van der Waals surface area (Å²) in [4.78, 5) is 0. The molecule has 132 valence electrons. The van der Waals surface area contributed by atoms with Crippen LogP contribution in [0.15, 0.2) is 42.5 Å². The van der Waals surface area contributed by atoms with Crippen LogP contribution in [0.3, 0.4) is 0 Å². The van der Waals surface area contributed by atoms with E-state index in [9.17, 15) is 5.11 Å². The van der Waals surface area contributed by atoms with Gasteiger partial charge in [0.25, 0.3) is 0 Å². The number of epoxide rings is 1. The molecule has 1 saturated carbocycles. The number of benzene rings is 1. The van der Waals surface area contributed by atoms with E-state index in [-0.39, 0.29) is 6.10 Å². The topological polar surface area (TPSA) is 51.2 Å². The largest absolute Gasteiger partial charge is 0.380 e. The summed E-state index contributed by atoms with van der Waals surface area (Å²) in [5.41, 5.74) is -0.499. The van der Waals surface area contributed by atoms with Crippen molar-refractivity contribution in [2.45, 2.75) is 62.6 Å². The summed E-state index contributed by atoms with van der Waals surface area (Å²) < 4.78 is 17.5. The van der Waals surface area contributed by atoms with E-state index in [1.165, 1.54) is 0 Å². The Morgan fingerprint density at radius 1 is 1.33 bits per heavy atom. The number of aliphatic hydroxyl groups is 1. The first kappa shape index (κ1) is 17.6. The highest BCUT2D eigenvalue weighted by molar-refractivity contribution is 5.26. The van der Waals surface area contributed by atoms with Crippen LogP contribution >= 0.6 is 0 Å². The van der Waals surface area contributed by atoms with Crippen molar-refractivity contribution in [1.82, 2.24) is 0 Å². The maximum Gasteiger partial charge on any atom is 0.142 e. The first-order valence-corrected chi connectivity index (χ1v) is 8.87. The second-order valence-electron chi connectivity index (χ2n) is 6.83. The molecule has 1 aromatic rings. The minimum absolute atomic E-state index is 0.152. The molecular weight excluding hydrogens is 304 g/mol. The molecule has 2 fully saturated rings. The van der Waals surface area contributed by atoms with Gasteiger partial charge in [0.2, 0.25) is 0 Å². The molecule has 1 N–H and O–H groups in total. The molecule has 0 unspecified atom stereocenters. The predicted octanol–water partition coefficient (Wildman–Crippen LogP) is 3.24. The van der Waals surface area contributed by atoms with Crippen LogP contribution in [0.2, 0.25) is 0 Å². The minimum atomic E-state index is -1.13. The third kappa shape index (κ3) is 3.29. The number of hydrogen-bond donors (Lipinski definition) is 1. The Hall–Kier alpha value is -1.20. The second kappa shape index (κ2) is 7.36. The molecule has 1 aliphatic carbocycles. The number of ether oxygens (including phenoxy) is 3. The highest BCUT2D eigenvalue weighted by atomic mass is 16.6. The first-order valence-electron chi connectivity index (χ1n) is 8.87. The van der Waals surface area contributed by atoms with Crippen LogP contribution in [0, 0.1) is 0 Å². The molecule has 24 heavy (non-hydrogen) atoms. The van der Waals surface area contributed by atoms with E-state index >= 15 is 0 Å². The average Bonchev–Trinajstić information content (AvgIpc) is 3.39. The van der Waals surface area contributed by atoms with Gasteiger partial charge in [-0.05, 0) is 24.8 Å².